The lowest BCUT2D eigenvalue weighted by molar-refractivity contribution is -0.274. The van der Waals surface area contributed by atoms with Crippen molar-refractivity contribution in [2.24, 2.45) is 5.92 Å². The van der Waals surface area contributed by atoms with Gasteiger partial charge in [-0.15, -0.1) is 0 Å². The Hall–Kier alpha value is -1.97. The minimum Gasteiger partial charge on any atom is -0.481 e. The second kappa shape index (κ2) is 7.57. The SMILES string of the molecule is CCOC(=O)[C@@H]1OC(C)(C(F)(F)F)C(C)C1c1ccc(C(F)F)nc1OC. The van der Waals surface area contributed by atoms with Crippen LogP contribution in [0.4, 0.5) is 22.0 Å². The highest BCUT2D eigenvalue weighted by Crippen LogP contribution is 2.54. The van der Waals surface area contributed by atoms with Crippen LogP contribution in [0.2, 0.25) is 0 Å². The predicted molar refractivity (Wildman–Crippen MR) is 83.6 cm³/mol. The quantitative estimate of drug-likeness (QED) is 0.555. The molecule has 4 atom stereocenters. The summed E-state index contributed by atoms with van der Waals surface area (Å²) in [5.41, 5.74) is -3.16. The maximum Gasteiger partial charge on any atom is 0.417 e. The summed E-state index contributed by atoms with van der Waals surface area (Å²) in [5, 5.41) is 0. The van der Waals surface area contributed by atoms with Crippen molar-refractivity contribution in [3.63, 3.8) is 0 Å². The van der Waals surface area contributed by atoms with Crippen LogP contribution in [0.3, 0.4) is 0 Å². The van der Waals surface area contributed by atoms with E-state index in [9.17, 15) is 26.7 Å². The van der Waals surface area contributed by atoms with Crippen molar-refractivity contribution in [3.05, 3.63) is 23.4 Å². The van der Waals surface area contributed by atoms with Crippen molar-refractivity contribution in [1.29, 1.82) is 0 Å². The Kier molecular flexibility index (Phi) is 5.98. The number of hydrogen-bond acceptors (Lipinski definition) is 5. The van der Waals surface area contributed by atoms with Crippen LogP contribution in [0.5, 0.6) is 5.88 Å². The van der Waals surface area contributed by atoms with Gasteiger partial charge in [-0.25, -0.2) is 18.6 Å². The Balaban J connectivity index is 2.58. The van der Waals surface area contributed by atoms with Gasteiger partial charge in [0.15, 0.2) is 11.7 Å². The number of esters is 1. The Bertz CT molecular complexity index is 696. The molecule has 1 fully saturated rings. The number of aromatic nitrogens is 1. The molecule has 3 unspecified atom stereocenters. The topological polar surface area (TPSA) is 57.7 Å². The van der Waals surface area contributed by atoms with E-state index in [0.717, 1.165) is 20.1 Å². The standard InChI is InChI=1S/C17H20F5NO4/c1-5-26-15(24)12-11(8(2)16(3,27-12)17(20,21)22)9-6-7-10(13(18)19)23-14(9)25-4/h6-8,11-13H,5H2,1-4H3/t8?,11?,12-,16?/m1/s1. The number of pyridine rings is 1. The third-order valence-electron chi connectivity index (χ3n) is 4.87. The predicted octanol–water partition coefficient (Wildman–Crippen LogP) is 4.03. The Morgan fingerprint density at radius 3 is 2.48 bits per heavy atom. The maximum atomic E-state index is 13.6. The van der Waals surface area contributed by atoms with Crippen LogP contribution in [0, 0.1) is 5.92 Å². The van der Waals surface area contributed by atoms with Crippen molar-refractivity contribution in [2.75, 3.05) is 13.7 Å². The van der Waals surface area contributed by atoms with E-state index in [-0.39, 0.29) is 18.1 Å². The van der Waals surface area contributed by atoms with Crippen LogP contribution in [0.15, 0.2) is 12.1 Å². The van der Waals surface area contributed by atoms with E-state index < -0.39 is 47.8 Å². The molecule has 0 amide bonds. The summed E-state index contributed by atoms with van der Waals surface area (Å²) in [4.78, 5) is 15.9. The fraction of sp³-hybridized carbons (Fsp3) is 0.647. The molecule has 0 spiro atoms. The zero-order valence-electron chi connectivity index (χ0n) is 15.1. The van der Waals surface area contributed by atoms with Gasteiger partial charge in [0.1, 0.15) is 5.69 Å². The van der Waals surface area contributed by atoms with E-state index in [1.807, 2.05) is 0 Å². The third kappa shape index (κ3) is 3.71. The first kappa shape index (κ1) is 21.3. The molecule has 10 heteroatoms. The number of rotatable bonds is 5. The van der Waals surface area contributed by atoms with Crippen LogP contribution < -0.4 is 4.74 Å². The lowest BCUT2D eigenvalue weighted by Crippen LogP contribution is -2.47. The van der Waals surface area contributed by atoms with Gasteiger partial charge in [0.25, 0.3) is 6.43 Å². The van der Waals surface area contributed by atoms with Crippen molar-refractivity contribution < 1.29 is 41.0 Å². The normalized spacial score (nSPS) is 28.4. The Morgan fingerprint density at radius 1 is 1.37 bits per heavy atom. The Morgan fingerprint density at radius 2 is 2.00 bits per heavy atom. The minimum atomic E-state index is -4.77. The summed E-state index contributed by atoms with van der Waals surface area (Å²) in [6, 6.07) is 2.17. The molecular formula is C17H20F5NO4. The molecular weight excluding hydrogens is 377 g/mol. The van der Waals surface area contributed by atoms with Crippen LogP contribution >= 0.6 is 0 Å². The van der Waals surface area contributed by atoms with Crippen LogP contribution in [0.25, 0.3) is 0 Å². The molecule has 1 saturated heterocycles. The van der Waals surface area contributed by atoms with Crippen molar-refractivity contribution >= 4 is 5.97 Å². The summed E-state index contributed by atoms with van der Waals surface area (Å²) >= 11 is 0. The zero-order valence-corrected chi connectivity index (χ0v) is 15.1. The van der Waals surface area contributed by atoms with Gasteiger partial charge < -0.3 is 14.2 Å². The van der Waals surface area contributed by atoms with Crippen LogP contribution in [0.1, 0.15) is 44.4 Å². The number of carbonyl (C=O) groups is 1. The highest BCUT2D eigenvalue weighted by molar-refractivity contribution is 5.77. The first-order valence-corrected chi connectivity index (χ1v) is 8.22. The lowest BCUT2D eigenvalue weighted by atomic mass is 9.77. The average molecular weight is 397 g/mol. The lowest BCUT2D eigenvalue weighted by Gasteiger charge is -2.31. The van der Waals surface area contributed by atoms with Gasteiger partial charge in [0.05, 0.1) is 13.7 Å². The highest BCUT2D eigenvalue weighted by atomic mass is 19.4. The number of methoxy groups -OCH3 is 1. The molecule has 0 N–H and O–H groups in total. The molecule has 1 aromatic rings. The smallest absolute Gasteiger partial charge is 0.417 e. The Labute approximate surface area is 152 Å². The molecule has 152 valence electrons. The number of halogens is 5. The van der Waals surface area contributed by atoms with E-state index in [0.29, 0.717) is 0 Å². The fourth-order valence-electron chi connectivity index (χ4n) is 3.23. The van der Waals surface area contributed by atoms with E-state index in [4.69, 9.17) is 14.2 Å². The second-order valence-corrected chi connectivity index (χ2v) is 6.35. The van der Waals surface area contributed by atoms with E-state index in [1.54, 1.807) is 0 Å². The van der Waals surface area contributed by atoms with E-state index in [1.165, 1.54) is 19.9 Å². The van der Waals surface area contributed by atoms with Crippen molar-refractivity contribution in [1.82, 2.24) is 4.98 Å². The maximum absolute atomic E-state index is 13.6. The number of hydrogen-bond donors (Lipinski definition) is 0. The van der Waals surface area contributed by atoms with Gasteiger partial charge in [-0.05, 0) is 19.9 Å². The van der Waals surface area contributed by atoms with Gasteiger partial charge in [0.2, 0.25) is 5.88 Å². The largest absolute Gasteiger partial charge is 0.481 e. The average Bonchev–Trinajstić information content (AvgIpc) is 2.87. The number of ether oxygens (including phenoxy) is 3. The summed E-state index contributed by atoms with van der Waals surface area (Å²) in [6.45, 7) is 3.57. The molecule has 5 nitrogen and oxygen atoms in total. The van der Waals surface area contributed by atoms with Gasteiger partial charge in [-0.2, -0.15) is 13.2 Å². The molecule has 0 aliphatic carbocycles. The van der Waals surface area contributed by atoms with Crippen LogP contribution in [-0.2, 0) is 14.3 Å². The van der Waals surface area contributed by atoms with Crippen molar-refractivity contribution in [3.8, 4) is 5.88 Å². The number of alkyl halides is 5. The number of carbonyl (C=O) groups excluding carboxylic acids is 1. The molecule has 0 saturated carbocycles. The van der Waals surface area contributed by atoms with Gasteiger partial charge in [0, 0.05) is 17.4 Å². The molecule has 0 aromatic carbocycles. The van der Waals surface area contributed by atoms with Crippen LogP contribution in [-0.4, -0.2) is 42.6 Å². The summed E-state index contributed by atoms with van der Waals surface area (Å²) in [7, 11) is 1.16. The van der Waals surface area contributed by atoms with Gasteiger partial charge in [-0.3, -0.25) is 0 Å². The molecule has 1 aliphatic heterocycles. The molecule has 1 aromatic heterocycles. The van der Waals surface area contributed by atoms with Gasteiger partial charge in [-0.1, -0.05) is 13.0 Å². The minimum absolute atomic E-state index is 0.0533. The first-order chi connectivity index (χ1) is 12.5. The zero-order chi connectivity index (χ0) is 20.6. The highest BCUT2D eigenvalue weighted by Gasteiger charge is 2.66. The van der Waals surface area contributed by atoms with E-state index in [2.05, 4.69) is 4.98 Å². The van der Waals surface area contributed by atoms with Crippen molar-refractivity contribution in [2.45, 2.75) is 51.0 Å². The molecule has 27 heavy (non-hydrogen) atoms. The third-order valence-corrected chi connectivity index (χ3v) is 4.87. The number of nitrogens with zero attached hydrogens (tertiary/aromatic N) is 1. The summed E-state index contributed by atoms with van der Waals surface area (Å²) in [5.74, 6) is -3.64. The summed E-state index contributed by atoms with van der Waals surface area (Å²) < 4.78 is 81.7. The van der Waals surface area contributed by atoms with E-state index >= 15 is 0 Å². The van der Waals surface area contributed by atoms with Gasteiger partial charge >= 0.3 is 12.1 Å². The summed E-state index contributed by atoms with van der Waals surface area (Å²) in [6.07, 6.45) is -9.23. The second-order valence-electron chi connectivity index (χ2n) is 6.35. The molecule has 0 radical (unpaired) electrons. The molecule has 2 heterocycles. The fourth-order valence-corrected chi connectivity index (χ4v) is 3.23. The molecule has 2 rings (SSSR count). The molecule has 0 bridgehead atoms. The first-order valence-electron chi connectivity index (χ1n) is 8.22. The monoisotopic (exact) mass is 397 g/mol. The molecule has 1 aliphatic rings.